The number of amides is 2. The number of thiocarbonyl (C=S) groups is 1. The highest BCUT2D eigenvalue weighted by Gasteiger charge is 2.32. The molecule has 1 N–H and O–H groups in total. The minimum absolute atomic E-state index is 0.164. The van der Waals surface area contributed by atoms with E-state index in [2.05, 4.69) is 37.2 Å². The van der Waals surface area contributed by atoms with Gasteiger partial charge in [0.2, 0.25) is 5.91 Å². The number of thioether (sulfide) groups is 1. The maximum atomic E-state index is 12.6. The molecule has 2 aromatic carbocycles. The van der Waals surface area contributed by atoms with Crippen LogP contribution < -0.4 is 5.32 Å². The fourth-order valence-corrected chi connectivity index (χ4v) is 4.40. The van der Waals surface area contributed by atoms with Gasteiger partial charge in [0.05, 0.1) is 4.91 Å². The van der Waals surface area contributed by atoms with E-state index in [9.17, 15) is 9.59 Å². The molecule has 0 aromatic heterocycles. The summed E-state index contributed by atoms with van der Waals surface area (Å²) in [6.45, 7) is 0.253. The van der Waals surface area contributed by atoms with Crippen LogP contribution in [0.3, 0.4) is 0 Å². The molecule has 1 aliphatic rings. The molecule has 4 nitrogen and oxygen atoms in total. The van der Waals surface area contributed by atoms with E-state index in [0.717, 1.165) is 14.5 Å². The van der Waals surface area contributed by atoms with Gasteiger partial charge in [-0.05, 0) is 48.0 Å². The summed E-state index contributed by atoms with van der Waals surface area (Å²) in [6.07, 6.45) is 1.98. The fraction of sp³-hybridized carbons (Fsp3) is 0.105. The van der Waals surface area contributed by atoms with Gasteiger partial charge in [-0.2, -0.15) is 0 Å². The lowest BCUT2D eigenvalue weighted by Crippen LogP contribution is -2.31. The summed E-state index contributed by atoms with van der Waals surface area (Å²) in [4.78, 5) is 26.8. The molecule has 2 aromatic rings. The number of hydrogen-bond donors (Lipinski definition) is 1. The molecule has 138 valence electrons. The lowest BCUT2D eigenvalue weighted by molar-refractivity contribution is -0.122. The van der Waals surface area contributed by atoms with Crippen LogP contribution in [0.25, 0.3) is 6.08 Å². The minimum Gasteiger partial charge on any atom is -0.326 e. The zero-order valence-corrected chi connectivity index (χ0v) is 18.8. The summed E-state index contributed by atoms with van der Waals surface area (Å²) >= 11 is 13.3. The highest BCUT2D eigenvalue weighted by Crippen LogP contribution is 2.33. The Morgan fingerprint density at radius 1 is 1.15 bits per heavy atom. The second-order valence-corrected chi connectivity index (χ2v) is 9.20. The second-order valence-electron chi connectivity index (χ2n) is 5.69. The maximum Gasteiger partial charge on any atom is 0.266 e. The van der Waals surface area contributed by atoms with E-state index in [1.54, 1.807) is 0 Å². The third-order valence-corrected chi connectivity index (χ3v) is 6.11. The van der Waals surface area contributed by atoms with Gasteiger partial charge < -0.3 is 5.32 Å². The third kappa shape index (κ3) is 5.51. The van der Waals surface area contributed by atoms with Crippen molar-refractivity contribution in [1.29, 1.82) is 0 Å². The number of halogens is 2. The first-order chi connectivity index (χ1) is 12.9. The van der Waals surface area contributed by atoms with Gasteiger partial charge in [0.15, 0.2) is 0 Å². The third-order valence-electron chi connectivity index (χ3n) is 3.71. The van der Waals surface area contributed by atoms with Crippen molar-refractivity contribution in [2.24, 2.45) is 0 Å². The van der Waals surface area contributed by atoms with E-state index in [0.29, 0.717) is 14.9 Å². The van der Waals surface area contributed by atoms with Gasteiger partial charge >= 0.3 is 0 Å². The van der Waals surface area contributed by atoms with E-state index in [1.807, 2.05) is 54.6 Å². The quantitative estimate of drug-likeness (QED) is 0.417. The molecule has 1 aliphatic heterocycles. The molecule has 0 atom stereocenters. The molecule has 8 heteroatoms. The first kappa shape index (κ1) is 20.3. The zero-order chi connectivity index (χ0) is 19.4. The van der Waals surface area contributed by atoms with Crippen LogP contribution in [0, 0.1) is 0 Å². The van der Waals surface area contributed by atoms with Gasteiger partial charge in [0.25, 0.3) is 5.91 Å². The zero-order valence-electron chi connectivity index (χ0n) is 13.9. The van der Waals surface area contributed by atoms with Crippen molar-refractivity contribution in [3.05, 3.63) is 67.9 Å². The van der Waals surface area contributed by atoms with Crippen molar-refractivity contribution < 1.29 is 9.59 Å². The lowest BCUT2D eigenvalue weighted by atomic mass is 10.2. The summed E-state index contributed by atoms with van der Waals surface area (Å²) in [5.41, 5.74) is 1.63. The molecule has 1 fully saturated rings. The minimum atomic E-state index is -0.165. The smallest absolute Gasteiger partial charge is 0.266 e. The number of carbonyl (C=O) groups excluding carboxylic acids is 2. The number of carbonyl (C=O) groups is 2. The topological polar surface area (TPSA) is 49.4 Å². The van der Waals surface area contributed by atoms with Crippen LogP contribution in [-0.4, -0.2) is 27.6 Å². The largest absolute Gasteiger partial charge is 0.326 e. The molecule has 0 unspecified atom stereocenters. The maximum absolute atomic E-state index is 12.6. The Kier molecular flexibility index (Phi) is 6.86. The predicted molar refractivity (Wildman–Crippen MR) is 121 cm³/mol. The van der Waals surface area contributed by atoms with Crippen molar-refractivity contribution in [2.45, 2.75) is 6.42 Å². The van der Waals surface area contributed by atoms with Gasteiger partial charge in [-0.15, -0.1) is 0 Å². The Balaban J connectivity index is 1.60. The highest BCUT2D eigenvalue weighted by molar-refractivity contribution is 9.10. The van der Waals surface area contributed by atoms with Gasteiger partial charge in [0, 0.05) is 27.6 Å². The molecular weight excluding hydrogens is 512 g/mol. The highest BCUT2D eigenvalue weighted by atomic mass is 79.9. The molecule has 0 aliphatic carbocycles. The molecule has 0 radical (unpaired) electrons. The number of nitrogens with one attached hydrogen (secondary N) is 1. The average Bonchev–Trinajstić information content (AvgIpc) is 2.88. The van der Waals surface area contributed by atoms with Crippen molar-refractivity contribution in [1.82, 2.24) is 4.90 Å². The van der Waals surface area contributed by atoms with Gasteiger partial charge in [0.1, 0.15) is 4.32 Å². The van der Waals surface area contributed by atoms with E-state index in [-0.39, 0.29) is 24.8 Å². The Labute approximate surface area is 183 Å². The van der Waals surface area contributed by atoms with Gasteiger partial charge in [-0.3, -0.25) is 14.5 Å². The molecule has 2 amide bonds. The van der Waals surface area contributed by atoms with Crippen LogP contribution in [-0.2, 0) is 9.59 Å². The summed E-state index contributed by atoms with van der Waals surface area (Å²) < 4.78 is 2.35. The first-order valence-corrected chi connectivity index (χ1v) is 10.8. The summed E-state index contributed by atoms with van der Waals surface area (Å²) in [7, 11) is 0. The first-order valence-electron chi connectivity index (χ1n) is 7.99. The standard InChI is InChI=1S/C19H14Br2N2O2S2/c20-13-4-6-15(7-5-13)22-17(24)8-9-23-18(25)16(27-19(23)26)11-12-2-1-3-14(21)10-12/h1-7,10-11H,8-9H2,(H,22,24)/b16-11-. The number of anilines is 1. The molecule has 27 heavy (non-hydrogen) atoms. The number of hydrogen-bond acceptors (Lipinski definition) is 4. The molecule has 0 bridgehead atoms. The molecule has 1 heterocycles. The summed E-state index contributed by atoms with van der Waals surface area (Å²) in [6, 6.07) is 15.0. The molecular formula is C19H14Br2N2O2S2. The number of rotatable bonds is 5. The molecule has 0 saturated carbocycles. The average molecular weight is 526 g/mol. The molecule has 3 rings (SSSR count). The van der Waals surface area contributed by atoms with E-state index in [1.165, 1.54) is 16.7 Å². The van der Waals surface area contributed by atoms with E-state index >= 15 is 0 Å². The van der Waals surface area contributed by atoms with Crippen LogP contribution in [0.2, 0.25) is 0 Å². The second kappa shape index (κ2) is 9.14. The summed E-state index contributed by atoms with van der Waals surface area (Å²) in [5, 5.41) is 2.81. The van der Waals surface area contributed by atoms with Crippen LogP contribution in [0.5, 0.6) is 0 Å². The SMILES string of the molecule is O=C(CCN1C(=O)/C(=C/c2cccc(Br)c2)SC1=S)Nc1ccc(Br)cc1. The Morgan fingerprint density at radius 2 is 1.89 bits per heavy atom. The van der Waals surface area contributed by atoms with Crippen molar-refractivity contribution in [2.75, 3.05) is 11.9 Å². The number of nitrogens with zero attached hydrogens (tertiary/aromatic N) is 1. The van der Waals surface area contributed by atoms with Crippen LogP contribution in [0.15, 0.2) is 62.4 Å². The molecule has 0 spiro atoms. The number of benzene rings is 2. The van der Waals surface area contributed by atoms with Gasteiger partial charge in [-0.25, -0.2) is 0 Å². The Hall–Kier alpha value is -1.48. The fourth-order valence-electron chi connectivity index (χ4n) is 2.41. The van der Waals surface area contributed by atoms with Gasteiger partial charge in [-0.1, -0.05) is 68.0 Å². The van der Waals surface area contributed by atoms with Crippen molar-refractivity contribution >= 4 is 83.7 Å². The van der Waals surface area contributed by atoms with Crippen molar-refractivity contribution in [3.63, 3.8) is 0 Å². The molecule has 1 saturated heterocycles. The lowest BCUT2D eigenvalue weighted by Gasteiger charge is -2.14. The van der Waals surface area contributed by atoms with Crippen molar-refractivity contribution in [3.8, 4) is 0 Å². The van der Waals surface area contributed by atoms with Crippen LogP contribution >= 0.6 is 55.8 Å². The summed E-state index contributed by atoms with van der Waals surface area (Å²) in [5.74, 6) is -0.330. The van der Waals surface area contributed by atoms with E-state index in [4.69, 9.17) is 12.2 Å². The Bertz CT molecular complexity index is 930. The Morgan fingerprint density at radius 3 is 2.59 bits per heavy atom. The van der Waals surface area contributed by atoms with E-state index < -0.39 is 0 Å². The monoisotopic (exact) mass is 524 g/mol. The van der Waals surface area contributed by atoms with Crippen LogP contribution in [0.1, 0.15) is 12.0 Å². The predicted octanol–water partition coefficient (Wildman–Crippen LogP) is 5.44. The van der Waals surface area contributed by atoms with Crippen LogP contribution in [0.4, 0.5) is 5.69 Å². The normalized spacial score (nSPS) is 15.5.